The van der Waals surface area contributed by atoms with Gasteiger partial charge in [0, 0.05) is 18.3 Å². The molecule has 17 heavy (non-hydrogen) atoms. The van der Waals surface area contributed by atoms with Crippen LogP contribution in [0.4, 0.5) is 0 Å². The molecule has 1 fully saturated rings. The van der Waals surface area contributed by atoms with Gasteiger partial charge in [-0.25, -0.2) is 4.98 Å². The van der Waals surface area contributed by atoms with Gasteiger partial charge in [0.2, 0.25) is 0 Å². The maximum atomic E-state index is 5.24. The van der Waals surface area contributed by atoms with Crippen molar-refractivity contribution in [1.29, 1.82) is 0 Å². The average molecular weight is 232 g/mol. The number of nitrogens with zero attached hydrogens (tertiary/aromatic N) is 3. The second-order valence-electron chi connectivity index (χ2n) is 4.53. The average Bonchev–Trinajstić information content (AvgIpc) is 3.00. The predicted molar refractivity (Wildman–Crippen MR) is 62.5 cm³/mol. The molecular weight excluding hydrogens is 216 g/mol. The Morgan fingerprint density at radius 3 is 3.24 bits per heavy atom. The molecule has 5 heteroatoms. The summed E-state index contributed by atoms with van der Waals surface area (Å²) in [5, 5.41) is 7.38. The van der Waals surface area contributed by atoms with Crippen molar-refractivity contribution in [3.05, 3.63) is 35.7 Å². The molecule has 0 aliphatic carbocycles. The molecule has 3 rings (SSSR count). The van der Waals surface area contributed by atoms with E-state index in [0.29, 0.717) is 12.6 Å². The van der Waals surface area contributed by atoms with Crippen molar-refractivity contribution >= 4 is 0 Å². The maximum Gasteiger partial charge on any atom is 0.156 e. The monoisotopic (exact) mass is 232 g/mol. The van der Waals surface area contributed by atoms with Gasteiger partial charge < -0.3 is 14.4 Å². The van der Waals surface area contributed by atoms with Crippen molar-refractivity contribution in [1.82, 2.24) is 20.0 Å². The first-order chi connectivity index (χ1) is 8.33. The van der Waals surface area contributed by atoms with Crippen LogP contribution in [-0.2, 0) is 6.54 Å². The molecule has 1 N–H and O–H groups in total. The molecule has 1 aliphatic heterocycles. The van der Waals surface area contributed by atoms with Crippen LogP contribution in [0.1, 0.15) is 36.0 Å². The molecule has 0 aromatic carbocycles. The molecule has 2 aromatic heterocycles. The molecule has 0 amide bonds. The van der Waals surface area contributed by atoms with E-state index in [2.05, 4.69) is 20.0 Å². The number of rotatable bonds is 3. The molecule has 1 atom stereocenters. The van der Waals surface area contributed by atoms with Crippen LogP contribution in [0.25, 0.3) is 0 Å². The highest BCUT2D eigenvalue weighted by Crippen LogP contribution is 2.23. The molecule has 0 radical (unpaired) electrons. The molecule has 5 nitrogen and oxygen atoms in total. The van der Waals surface area contributed by atoms with E-state index in [1.54, 1.807) is 0 Å². The fraction of sp³-hybridized carbons (Fsp3) is 0.500. The Hall–Kier alpha value is -1.62. The zero-order valence-corrected chi connectivity index (χ0v) is 9.89. The first-order valence-corrected chi connectivity index (χ1v) is 5.98. The van der Waals surface area contributed by atoms with Crippen molar-refractivity contribution < 1.29 is 4.52 Å². The third-order valence-electron chi connectivity index (χ3n) is 3.16. The Labute approximate surface area is 99.8 Å². The molecule has 0 bridgehead atoms. The molecule has 0 spiro atoms. The highest BCUT2D eigenvalue weighted by Gasteiger charge is 2.20. The van der Waals surface area contributed by atoms with Gasteiger partial charge in [0.05, 0.1) is 24.3 Å². The molecule has 90 valence electrons. The van der Waals surface area contributed by atoms with E-state index in [0.717, 1.165) is 18.0 Å². The molecule has 2 aromatic rings. The SMILES string of the molecule is Cc1cc(Cn2cncc2C2CCCN2)on1. The Morgan fingerprint density at radius 2 is 2.53 bits per heavy atom. The van der Waals surface area contributed by atoms with Crippen LogP contribution < -0.4 is 5.32 Å². The van der Waals surface area contributed by atoms with Crippen molar-refractivity contribution in [3.8, 4) is 0 Å². The third kappa shape index (κ3) is 2.10. The Bertz CT molecular complexity index is 496. The first-order valence-electron chi connectivity index (χ1n) is 5.98. The molecule has 0 saturated carbocycles. The molecule has 1 aliphatic rings. The number of aryl methyl sites for hydroxylation is 1. The normalized spacial score (nSPS) is 19.9. The van der Waals surface area contributed by atoms with Gasteiger partial charge in [-0.1, -0.05) is 5.16 Å². The second kappa shape index (κ2) is 4.33. The highest BCUT2D eigenvalue weighted by molar-refractivity contribution is 5.11. The summed E-state index contributed by atoms with van der Waals surface area (Å²) >= 11 is 0. The topological polar surface area (TPSA) is 55.9 Å². The van der Waals surface area contributed by atoms with Crippen LogP contribution in [0.15, 0.2) is 23.1 Å². The number of aromatic nitrogens is 3. The molecule has 1 unspecified atom stereocenters. The van der Waals surface area contributed by atoms with Gasteiger partial charge in [-0.3, -0.25) is 0 Å². The second-order valence-corrected chi connectivity index (χ2v) is 4.53. The van der Waals surface area contributed by atoms with Gasteiger partial charge in [-0.15, -0.1) is 0 Å². The molecule has 1 saturated heterocycles. The maximum absolute atomic E-state index is 5.24. The Balaban J connectivity index is 1.81. The zero-order chi connectivity index (χ0) is 11.7. The summed E-state index contributed by atoms with van der Waals surface area (Å²) in [5.74, 6) is 0.875. The summed E-state index contributed by atoms with van der Waals surface area (Å²) in [4.78, 5) is 4.23. The van der Waals surface area contributed by atoms with Crippen molar-refractivity contribution in [2.24, 2.45) is 0 Å². The van der Waals surface area contributed by atoms with Crippen molar-refractivity contribution in [2.75, 3.05) is 6.54 Å². The van der Waals surface area contributed by atoms with Crippen molar-refractivity contribution in [2.45, 2.75) is 32.4 Å². The van der Waals surface area contributed by atoms with Crippen LogP contribution in [0.2, 0.25) is 0 Å². The minimum atomic E-state index is 0.432. The van der Waals surface area contributed by atoms with E-state index in [9.17, 15) is 0 Å². The lowest BCUT2D eigenvalue weighted by molar-refractivity contribution is 0.370. The third-order valence-corrected chi connectivity index (χ3v) is 3.16. The van der Waals surface area contributed by atoms with Crippen LogP contribution in [0.5, 0.6) is 0 Å². The lowest BCUT2D eigenvalue weighted by Gasteiger charge is -2.12. The fourth-order valence-electron chi connectivity index (χ4n) is 2.35. The van der Waals surface area contributed by atoms with Gasteiger partial charge in [0.25, 0.3) is 0 Å². The van der Waals surface area contributed by atoms with Gasteiger partial charge in [-0.05, 0) is 26.3 Å². The van der Waals surface area contributed by atoms with E-state index in [-0.39, 0.29) is 0 Å². The number of hydrogen-bond donors (Lipinski definition) is 1. The summed E-state index contributed by atoms with van der Waals surface area (Å²) in [6.07, 6.45) is 6.21. The summed E-state index contributed by atoms with van der Waals surface area (Å²) in [7, 11) is 0. The van der Waals surface area contributed by atoms with E-state index in [4.69, 9.17) is 4.52 Å². The number of nitrogens with one attached hydrogen (secondary N) is 1. The quantitative estimate of drug-likeness (QED) is 0.874. The van der Waals surface area contributed by atoms with E-state index >= 15 is 0 Å². The highest BCUT2D eigenvalue weighted by atomic mass is 16.5. The lowest BCUT2D eigenvalue weighted by Crippen LogP contribution is -2.17. The van der Waals surface area contributed by atoms with Gasteiger partial charge in [-0.2, -0.15) is 0 Å². The van der Waals surface area contributed by atoms with E-state index in [1.165, 1.54) is 18.5 Å². The summed E-state index contributed by atoms with van der Waals surface area (Å²) in [6.45, 7) is 3.73. The van der Waals surface area contributed by atoms with Crippen LogP contribution in [0.3, 0.4) is 0 Å². The largest absolute Gasteiger partial charge is 0.359 e. The molecule has 3 heterocycles. The Kier molecular flexibility index (Phi) is 2.68. The van der Waals surface area contributed by atoms with Gasteiger partial charge in [0.15, 0.2) is 5.76 Å². The van der Waals surface area contributed by atoms with E-state index in [1.807, 2.05) is 25.5 Å². The molecular formula is C12H16N4O. The first kappa shape index (κ1) is 10.5. The minimum Gasteiger partial charge on any atom is -0.359 e. The Morgan fingerprint density at radius 1 is 1.59 bits per heavy atom. The van der Waals surface area contributed by atoms with Crippen LogP contribution in [-0.4, -0.2) is 21.3 Å². The number of hydrogen-bond acceptors (Lipinski definition) is 4. The lowest BCUT2D eigenvalue weighted by atomic mass is 10.2. The minimum absolute atomic E-state index is 0.432. The van der Waals surface area contributed by atoms with Crippen molar-refractivity contribution in [3.63, 3.8) is 0 Å². The van der Waals surface area contributed by atoms with Gasteiger partial charge in [0.1, 0.15) is 0 Å². The van der Waals surface area contributed by atoms with Gasteiger partial charge >= 0.3 is 0 Å². The zero-order valence-electron chi connectivity index (χ0n) is 9.89. The van der Waals surface area contributed by atoms with Crippen LogP contribution >= 0.6 is 0 Å². The standard InChI is InChI=1S/C12H16N4O/c1-9-5-10(17-15-9)7-16-8-13-6-12(16)11-3-2-4-14-11/h5-6,8,11,14H,2-4,7H2,1H3. The smallest absolute Gasteiger partial charge is 0.156 e. The summed E-state index contributed by atoms with van der Waals surface area (Å²) in [6, 6.07) is 2.40. The van der Waals surface area contributed by atoms with Crippen LogP contribution in [0, 0.1) is 6.92 Å². The van der Waals surface area contributed by atoms with E-state index < -0.39 is 0 Å². The predicted octanol–water partition coefficient (Wildman–Crippen LogP) is 1.65. The summed E-state index contributed by atoms with van der Waals surface area (Å²) < 4.78 is 7.36. The summed E-state index contributed by atoms with van der Waals surface area (Å²) in [5.41, 5.74) is 2.15. The number of imidazole rings is 1. The fourth-order valence-corrected chi connectivity index (χ4v) is 2.35.